The standard InChI is InChI=1S/C7H13NO5Si/c1-6(7(10)8-5-9)14(11-2,12-3)13-4/h6H,1-4H3. The average Bonchev–Trinajstić information content (AvgIpc) is 2.21. The third-order valence-corrected chi connectivity index (χ3v) is 4.92. The molecule has 0 aromatic rings. The van der Waals surface area contributed by atoms with Crippen LogP contribution in [0.15, 0.2) is 4.99 Å². The summed E-state index contributed by atoms with van der Waals surface area (Å²) in [5.74, 6) is -0.655. The lowest BCUT2D eigenvalue weighted by molar-refractivity contribution is -0.118. The van der Waals surface area contributed by atoms with Gasteiger partial charge in [-0.15, -0.1) is 4.99 Å². The summed E-state index contributed by atoms with van der Waals surface area (Å²) >= 11 is 0. The molecule has 1 amide bonds. The van der Waals surface area contributed by atoms with Crippen LogP contribution in [0.4, 0.5) is 0 Å². The third-order valence-electron chi connectivity index (χ3n) is 1.91. The Morgan fingerprint density at radius 2 is 1.71 bits per heavy atom. The van der Waals surface area contributed by atoms with E-state index in [0.717, 1.165) is 0 Å². The van der Waals surface area contributed by atoms with Crippen molar-refractivity contribution in [3.63, 3.8) is 0 Å². The smallest absolute Gasteiger partial charge is 0.376 e. The van der Waals surface area contributed by atoms with Crippen molar-refractivity contribution in [3.05, 3.63) is 0 Å². The first-order valence-corrected chi connectivity index (χ1v) is 5.65. The number of hydrogen-bond acceptors (Lipinski definition) is 5. The fourth-order valence-electron chi connectivity index (χ4n) is 1.07. The minimum atomic E-state index is -3.04. The number of hydrogen-bond donors (Lipinski definition) is 0. The number of isocyanates is 1. The van der Waals surface area contributed by atoms with Crippen LogP contribution in [0.1, 0.15) is 6.92 Å². The molecule has 0 spiro atoms. The van der Waals surface area contributed by atoms with Crippen molar-refractivity contribution in [1.82, 2.24) is 0 Å². The van der Waals surface area contributed by atoms with Gasteiger partial charge in [-0.2, -0.15) is 0 Å². The zero-order valence-electron chi connectivity index (χ0n) is 8.57. The lowest BCUT2D eigenvalue weighted by Crippen LogP contribution is -2.49. The molecule has 80 valence electrons. The van der Waals surface area contributed by atoms with Crippen molar-refractivity contribution in [2.24, 2.45) is 4.99 Å². The summed E-state index contributed by atoms with van der Waals surface area (Å²) in [6.45, 7) is 1.53. The molecule has 0 fully saturated rings. The predicted molar refractivity (Wildman–Crippen MR) is 49.3 cm³/mol. The van der Waals surface area contributed by atoms with Gasteiger partial charge >= 0.3 is 8.80 Å². The van der Waals surface area contributed by atoms with E-state index >= 15 is 0 Å². The van der Waals surface area contributed by atoms with Crippen molar-refractivity contribution in [2.75, 3.05) is 21.3 Å². The second-order valence-electron chi connectivity index (χ2n) is 2.48. The summed E-state index contributed by atoms with van der Waals surface area (Å²) in [5, 5.41) is 0. The van der Waals surface area contributed by atoms with Crippen LogP contribution in [-0.2, 0) is 22.9 Å². The van der Waals surface area contributed by atoms with Gasteiger partial charge in [0.25, 0.3) is 5.91 Å². The van der Waals surface area contributed by atoms with Gasteiger partial charge < -0.3 is 13.3 Å². The van der Waals surface area contributed by atoms with E-state index in [-0.39, 0.29) is 0 Å². The zero-order valence-corrected chi connectivity index (χ0v) is 9.57. The maximum Gasteiger partial charge on any atom is 0.512 e. The molecule has 0 N–H and O–H groups in total. The van der Waals surface area contributed by atoms with Gasteiger partial charge in [-0.05, 0) is 6.92 Å². The van der Waals surface area contributed by atoms with Crippen molar-refractivity contribution < 1.29 is 22.9 Å². The lowest BCUT2D eigenvalue weighted by atomic mass is 10.5. The Morgan fingerprint density at radius 3 is 2.00 bits per heavy atom. The molecule has 0 aliphatic rings. The fraction of sp³-hybridized carbons (Fsp3) is 0.714. The Balaban J connectivity index is 4.83. The first-order valence-electron chi connectivity index (χ1n) is 3.85. The molecular formula is C7H13NO5Si. The highest BCUT2D eigenvalue weighted by molar-refractivity contribution is 6.66. The van der Waals surface area contributed by atoms with Gasteiger partial charge in [0, 0.05) is 21.3 Å². The Bertz CT molecular complexity index is 238. The molecule has 1 unspecified atom stereocenters. The van der Waals surface area contributed by atoms with E-state index in [4.69, 9.17) is 13.3 Å². The summed E-state index contributed by atoms with van der Waals surface area (Å²) in [6.07, 6.45) is 1.17. The topological polar surface area (TPSA) is 74.2 Å². The van der Waals surface area contributed by atoms with Crippen LogP contribution in [0.2, 0.25) is 5.54 Å². The molecule has 6 nitrogen and oxygen atoms in total. The molecule has 0 aromatic carbocycles. The van der Waals surface area contributed by atoms with Gasteiger partial charge in [0.2, 0.25) is 6.08 Å². The fourth-order valence-corrected chi connectivity index (χ4v) is 3.00. The number of nitrogens with zero attached hydrogens (tertiary/aromatic N) is 1. The normalized spacial score (nSPS) is 13.1. The van der Waals surface area contributed by atoms with Crippen molar-refractivity contribution in [1.29, 1.82) is 0 Å². The predicted octanol–water partition coefficient (Wildman–Crippen LogP) is 0.117. The summed E-state index contributed by atoms with van der Waals surface area (Å²) in [5.41, 5.74) is -0.719. The van der Waals surface area contributed by atoms with Crippen molar-refractivity contribution in [2.45, 2.75) is 12.5 Å². The van der Waals surface area contributed by atoms with Gasteiger partial charge in [-0.3, -0.25) is 4.79 Å². The minimum absolute atomic E-state index is 0.655. The van der Waals surface area contributed by atoms with Crippen LogP contribution in [0, 0.1) is 0 Å². The molecule has 0 aliphatic heterocycles. The summed E-state index contributed by atoms with van der Waals surface area (Å²) in [4.78, 5) is 24.1. The Kier molecular flexibility index (Phi) is 5.44. The minimum Gasteiger partial charge on any atom is -0.376 e. The molecular weight excluding hydrogens is 206 g/mol. The molecule has 0 aromatic heterocycles. The number of carbonyl (C=O) groups excluding carboxylic acids is 2. The van der Waals surface area contributed by atoms with E-state index in [2.05, 4.69) is 4.99 Å². The summed E-state index contributed by atoms with van der Waals surface area (Å²) in [6, 6.07) is 0. The number of amides is 1. The average molecular weight is 219 g/mol. The van der Waals surface area contributed by atoms with Crippen LogP contribution in [0.3, 0.4) is 0 Å². The largest absolute Gasteiger partial charge is 0.512 e. The van der Waals surface area contributed by atoms with Gasteiger partial charge in [0.1, 0.15) is 5.54 Å². The Labute approximate surface area is 83.2 Å². The van der Waals surface area contributed by atoms with Gasteiger partial charge in [-0.25, -0.2) is 4.79 Å². The number of carbonyl (C=O) groups is 1. The zero-order chi connectivity index (χ0) is 11.2. The highest BCUT2D eigenvalue weighted by Crippen LogP contribution is 2.24. The van der Waals surface area contributed by atoms with Gasteiger partial charge in [0.05, 0.1) is 0 Å². The van der Waals surface area contributed by atoms with E-state index in [1.807, 2.05) is 0 Å². The summed E-state index contributed by atoms with van der Waals surface area (Å²) < 4.78 is 15.1. The first-order chi connectivity index (χ1) is 6.57. The molecule has 0 heterocycles. The maximum atomic E-state index is 11.2. The second-order valence-corrected chi connectivity index (χ2v) is 5.78. The molecule has 0 rings (SSSR count). The maximum absolute atomic E-state index is 11.2. The van der Waals surface area contributed by atoms with Crippen LogP contribution < -0.4 is 0 Å². The quantitative estimate of drug-likeness (QED) is 0.373. The van der Waals surface area contributed by atoms with Crippen LogP contribution in [-0.4, -0.2) is 42.1 Å². The molecule has 0 bridgehead atoms. The van der Waals surface area contributed by atoms with Gasteiger partial charge in [0.15, 0.2) is 0 Å². The van der Waals surface area contributed by atoms with Crippen LogP contribution in [0.5, 0.6) is 0 Å². The molecule has 0 aliphatic carbocycles. The monoisotopic (exact) mass is 219 g/mol. The first kappa shape index (κ1) is 13.1. The Hall–Kier alpha value is -0.853. The highest BCUT2D eigenvalue weighted by atomic mass is 28.4. The van der Waals surface area contributed by atoms with Crippen molar-refractivity contribution in [3.8, 4) is 0 Å². The second kappa shape index (κ2) is 5.79. The van der Waals surface area contributed by atoms with E-state index in [1.165, 1.54) is 34.3 Å². The molecule has 0 saturated carbocycles. The molecule has 0 radical (unpaired) electrons. The summed E-state index contributed by atoms with van der Waals surface area (Å²) in [7, 11) is 1.10. The van der Waals surface area contributed by atoms with Crippen LogP contribution in [0.25, 0.3) is 0 Å². The molecule has 7 heteroatoms. The van der Waals surface area contributed by atoms with Gasteiger partial charge in [-0.1, -0.05) is 0 Å². The molecule has 1 atom stereocenters. The number of aliphatic imine (C=N–C) groups is 1. The molecule has 0 saturated heterocycles. The van der Waals surface area contributed by atoms with E-state index in [0.29, 0.717) is 0 Å². The van der Waals surface area contributed by atoms with Crippen LogP contribution >= 0.6 is 0 Å². The highest BCUT2D eigenvalue weighted by Gasteiger charge is 2.48. The number of rotatable bonds is 5. The van der Waals surface area contributed by atoms with E-state index < -0.39 is 20.3 Å². The SMILES string of the molecule is CO[Si](OC)(OC)C(C)C(=O)N=C=O. The Morgan fingerprint density at radius 1 is 1.29 bits per heavy atom. The third kappa shape index (κ3) is 2.57. The molecule has 14 heavy (non-hydrogen) atoms. The van der Waals surface area contributed by atoms with E-state index in [1.54, 1.807) is 0 Å². The lowest BCUT2D eigenvalue weighted by Gasteiger charge is -2.27. The van der Waals surface area contributed by atoms with Crippen molar-refractivity contribution >= 4 is 20.8 Å². The van der Waals surface area contributed by atoms with E-state index in [9.17, 15) is 9.59 Å².